The topological polar surface area (TPSA) is 97.9 Å². The number of ether oxygens (including phenoxy) is 3. The number of fused-ring (bicyclic) bond motifs is 1. The lowest BCUT2D eigenvalue weighted by molar-refractivity contribution is -0.138. The fourth-order valence-electron chi connectivity index (χ4n) is 3.08. The Balaban J connectivity index is 1.90. The van der Waals surface area contributed by atoms with Gasteiger partial charge in [-0.15, -0.1) is 0 Å². The molecule has 0 aromatic heterocycles. The van der Waals surface area contributed by atoms with Crippen LogP contribution in [0.2, 0.25) is 0 Å². The van der Waals surface area contributed by atoms with Gasteiger partial charge in [0.25, 0.3) is 0 Å². The second kappa shape index (κ2) is 10.2. The average molecular weight is 435 g/mol. The van der Waals surface area contributed by atoms with Crippen molar-refractivity contribution in [2.75, 3.05) is 31.5 Å². The number of hydrogen-bond donors (Lipinski definition) is 3. The van der Waals surface area contributed by atoms with Gasteiger partial charge in [-0.25, -0.2) is 4.79 Å². The molecule has 0 saturated carbocycles. The molecule has 0 aliphatic carbocycles. The number of methoxy groups -OCH3 is 2. The van der Waals surface area contributed by atoms with E-state index in [1.165, 1.54) is 13.2 Å². The van der Waals surface area contributed by atoms with E-state index in [0.29, 0.717) is 34.1 Å². The lowest BCUT2D eigenvalue weighted by Crippen LogP contribution is -2.29. The first-order chi connectivity index (χ1) is 15.5. The van der Waals surface area contributed by atoms with Gasteiger partial charge in [-0.05, 0) is 37.3 Å². The summed E-state index contributed by atoms with van der Waals surface area (Å²) in [6, 6.07) is 12.6. The van der Waals surface area contributed by atoms with Crippen molar-refractivity contribution in [1.82, 2.24) is 5.32 Å². The number of hydrogen-bond acceptors (Lipinski definition) is 7. The first-order valence-electron chi connectivity index (χ1n) is 9.91. The van der Waals surface area contributed by atoms with Gasteiger partial charge in [0, 0.05) is 23.4 Å². The standard InChI is InChI=1S/C24H25N3O5/c1-5-32-24(29)22-15(2)25-18-8-6-7-9-19(18)26-23(22)27-21(28)13-11-16-10-12-17(30-3)14-20(16)31-4/h6-14,25-26H,2,5H2,1,3-4H3,(H,27,28)/b13-11+. The van der Waals surface area contributed by atoms with Gasteiger partial charge >= 0.3 is 5.97 Å². The summed E-state index contributed by atoms with van der Waals surface area (Å²) in [5, 5.41) is 8.91. The number of rotatable bonds is 7. The van der Waals surface area contributed by atoms with Crippen LogP contribution in [0.15, 0.2) is 72.2 Å². The SMILES string of the molecule is C=C1Nc2ccccc2NC(NC(=O)/C=C/c2ccc(OC)cc2OC)=C1C(=O)OCC. The molecule has 2 aromatic carbocycles. The molecule has 166 valence electrons. The fourth-order valence-corrected chi connectivity index (χ4v) is 3.08. The van der Waals surface area contributed by atoms with Crippen LogP contribution in [-0.4, -0.2) is 32.7 Å². The Kier molecular flexibility index (Phi) is 7.17. The quantitative estimate of drug-likeness (QED) is 0.451. The Labute approximate surface area is 186 Å². The Bertz CT molecular complexity index is 1100. The zero-order chi connectivity index (χ0) is 23.1. The highest BCUT2D eigenvalue weighted by atomic mass is 16.5. The maximum Gasteiger partial charge on any atom is 0.343 e. The van der Waals surface area contributed by atoms with Crippen LogP contribution in [0.1, 0.15) is 12.5 Å². The summed E-state index contributed by atoms with van der Waals surface area (Å²) in [6.45, 7) is 5.83. The zero-order valence-corrected chi connectivity index (χ0v) is 18.2. The van der Waals surface area contributed by atoms with Crippen LogP contribution in [0.3, 0.4) is 0 Å². The number of carbonyl (C=O) groups excluding carboxylic acids is 2. The average Bonchev–Trinajstić information content (AvgIpc) is 2.92. The summed E-state index contributed by atoms with van der Waals surface area (Å²) < 4.78 is 15.7. The second-order valence-electron chi connectivity index (χ2n) is 6.68. The fraction of sp³-hybridized carbons (Fsp3) is 0.167. The molecule has 1 aliphatic heterocycles. The minimum absolute atomic E-state index is 0.104. The van der Waals surface area contributed by atoms with Gasteiger partial charge in [-0.2, -0.15) is 0 Å². The third-order valence-electron chi connectivity index (χ3n) is 4.61. The Morgan fingerprint density at radius 3 is 2.44 bits per heavy atom. The molecule has 1 aliphatic rings. The highest BCUT2D eigenvalue weighted by Crippen LogP contribution is 2.30. The van der Waals surface area contributed by atoms with Gasteiger partial charge in [0.05, 0.1) is 32.2 Å². The third-order valence-corrected chi connectivity index (χ3v) is 4.61. The highest BCUT2D eigenvalue weighted by molar-refractivity contribution is 6.00. The van der Waals surface area contributed by atoms with Crippen LogP contribution in [0.4, 0.5) is 11.4 Å². The Morgan fingerprint density at radius 1 is 1.06 bits per heavy atom. The van der Waals surface area contributed by atoms with Crippen molar-refractivity contribution in [3.8, 4) is 11.5 Å². The summed E-state index contributed by atoms with van der Waals surface area (Å²) in [4.78, 5) is 25.3. The van der Waals surface area contributed by atoms with Crippen molar-refractivity contribution >= 4 is 29.3 Å². The maximum absolute atomic E-state index is 12.7. The van der Waals surface area contributed by atoms with Gasteiger partial charge < -0.3 is 30.2 Å². The molecule has 8 nitrogen and oxygen atoms in total. The predicted octanol–water partition coefficient (Wildman–Crippen LogP) is 3.66. The summed E-state index contributed by atoms with van der Waals surface area (Å²) in [5.41, 5.74) is 2.48. The van der Waals surface area contributed by atoms with E-state index < -0.39 is 11.9 Å². The van der Waals surface area contributed by atoms with Gasteiger partial charge in [0.15, 0.2) is 0 Å². The monoisotopic (exact) mass is 435 g/mol. The van der Waals surface area contributed by atoms with Crippen LogP contribution < -0.4 is 25.4 Å². The second-order valence-corrected chi connectivity index (χ2v) is 6.68. The van der Waals surface area contributed by atoms with Crippen LogP contribution in [0.25, 0.3) is 6.08 Å². The molecule has 0 atom stereocenters. The molecule has 1 heterocycles. The normalized spacial score (nSPS) is 12.9. The van der Waals surface area contributed by atoms with Gasteiger partial charge in [0.1, 0.15) is 22.9 Å². The number of benzene rings is 2. The van der Waals surface area contributed by atoms with Crippen molar-refractivity contribution in [3.63, 3.8) is 0 Å². The van der Waals surface area contributed by atoms with E-state index in [1.807, 2.05) is 24.3 Å². The number of para-hydroxylation sites is 2. The minimum atomic E-state index is -0.610. The molecule has 3 rings (SSSR count). The smallest absolute Gasteiger partial charge is 0.343 e. The Hall–Kier alpha value is -4.20. The van der Waals surface area contributed by atoms with Crippen molar-refractivity contribution in [2.24, 2.45) is 0 Å². The van der Waals surface area contributed by atoms with Crippen molar-refractivity contribution in [2.45, 2.75) is 6.92 Å². The van der Waals surface area contributed by atoms with Crippen molar-refractivity contribution in [3.05, 3.63) is 77.8 Å². The summed E-state index contributed by atoms with van der Waals surface area (Å²) in [6.07, 6.45) is 2.95. The lowest BCUT2D eigenvalue weighted by Gasteiger charge is -2.14. The van der Waals surface area contributed by atoms with Crippen molar-refractivity contribution < 1.29 is 23.8 Å². The minimum Gasteiger partial charge on any atom is -0.497 e. The summed E-state index contributed by atoms with van der Waals surface area (Å²) >= 11 is 0. The van der Waals surface area contributed by atoms with Gasteiger partial charge in [-0.1, -0.05) is 18.7 Å². The first kappa shape index (κ1) is 22.5. The van der Waals surface area contributed by atoms with E-state index in [0.717, 1.165) is 0 Å². The number of esters is 1. The molecule has 0 spiro atoms. The zero-order valence-electron chi connectivity index (χ0n) is 18.2. The first-order valence-corrected chi connectivity index (χ1v) is 9.91. The number of carbonyl (C=O) groups is 2. The maximum atomic E-state index is 12.7. The largest absolute Gasteiger partial charge is 0.497 e. The van der Waals surface area contributed by atoms with Crippen LogP contribution in [0.5, 0.6) is 11.5 Å². The van der Waals surface area contributed by atoms with E-state index in [4.69, 9.17) is 14.2 Å². The molecule has 0 saturated heterocycles. The summed E-state index contributed by atoms with van der Waals surface area (Å²) in [7, 11) is 3.10. The van der Waals surface area contributed by atoms with E-state index in [9.17, 15) is 9.59 Å². The molecular weight excluding hydrogens is 410 g/mol. The molecule has 0 radical (unpaired) electrons. The van der Waals surface area contributed by atoms with Crippen LogP contribution in [0, 0.1) is 0 Å². The van der Waals surface area contributed by atoms with E-state index in [1.54, 1.807) is 38.3 Å². The molecule has 32 heavy (non-hydrogen) atoms. The highest BCUT2D eigenvalue weighted by Gasteiger charge is 2.25. The molecule has 0 unspecified atom stereocenters. The molecular formula is C24H25N3O5. The van der Waals surface area contributed by atoms with Crippen LogP contribution >= 0.6 is 0 Å². The molecule has 8 heteroatoms. The van der Waals surface area contributed by atoms with E-state index >= 15 is 0 Å². The van der Waals surface area contributed by atoms with E-state index in [2.05, 4.69) is 22.5 Å². The van der Waals surface area contributed by atoms with Crippen LogP contribution in [-0.2, 0) is 14.3 Å². The molecule has 0 bridgehead atoms. The van der Waals surface area contributed by atoms with Gasteiger partial charge in [-0.3, -0.25) is 4.79 Å². The molecule has 2 aromatic rings. The lowest BCUT2D eigenvalue weighted by atomic mass is 10.1. The van der Waals surface area contributed by atoms with Crippen molar-refractivity contribution in [1.29, 1.82) is 0 Å². The summed E-state index contributed by atoms with van der Waals surface area (Å²) in [5.74, 6) is 0.293. The van der Waals surface area contributed by atoms with Gasteiger partial charge in [0.2, 0.25) is 5.91 Å². The number of amides is 1. The molecule has 3 N–H and O–H groups in total. The third kappa shape index (κ3) is 5.10. The van der Waals surface area contributed by atoms with E-state index in [-0.39, 0.29) is 18.0 Å². The Morgan fingerprint density at radius 2 is 1.78 bits per heavy atom. The molecule has 0 fully saturated rings. The number of nitrogens with one attached hydrogen (secondary N) is 3. The number of anilines is 2. The predicted molar refractivity (Wildman–Crippen MR) is 123 cm³/mol. The molecule has 1 amide bonds.